The molecule has 0 unspecified atom stereocenters. The maximum Gasteiger partial charge on any atom is 0.414 e. The summed E-state index contributed by atoms with van der Waals surface area (Å²) in [6.07, 6.45) is 2.53. The van der Waals surface area contributed by atoms with Gasteiger partial charge in [-0.1, -0.05) is 5.21 Å². The molecule has 1 saturated heterocycles. The molecule has 2 aromatic rings. The van der Waals surface area contributed by atoms with Gasteiger partial charge in [-0.3, -0.25) is 4.90 Å². The van der Waals surface area contributed by atoms with E-state index >= 15 is 0 Å². The first-order chi connectivity index (χ1) is 12.1. The Morgan fingerprint density at radius 1 is 1.40 bits per heavy atom. The molecule has 1 aromatic heterocycles. The van der Waals surface area contributed by atoms with Gasteiger partial charge in [0, 0.05) is 24.1 Å². The van der Waals surface area contributed by atoms with Crippen molar-refractivity contribution in [2.24, 2.45) is 0 Å². The molecule has 0 N–H and O–H groups in total. The molecule has 0 bridgehead atoms. The number of amides is 1. The van der Waals surface area contributed by atoms with Crippen LogP contribution < -0.4 is 4.90 Å². The van der Waals surface area contributed by atoms with Gasteiger partial charge >= 0.3 is 6.09 Å². The zero-order valence-electron chi connectivity index (χ0n) is 13.3. The number of carbonyl (C=O) groups excluding carboxylic acids is 1. The highest BCUT2D eigenvalue weighted by molar-refractivity contribution is 5.89. The van der Waals surface area contributed by atoms with E-state index < -0.39 is 6.09 Å². The topological polar surface area (TPSA) is 88.4 Å². The van der Waals surface area contributed by atoms with Gasteiger partial charge in [0.15, 0.2) is 5.69 Å². The average Bonchev–Trinajstić information content (AvgIpc) is 3.17. The summed E-state index contributed by atoms with van der Waals surface area (Å²) < 4.78 is 6.87. The normalized spacial score (nSPS) is 20.6. The van der Waals surface area contributed by atoms with Crippen LogP contribution >= 0.6 is 0 Å². The molecule has 8 nitrogen and oxygen atoms in total. The van der Waals surface area contributed by atoms with E-state index in [0.29, 0.717) is 13.1 Å². The second-order valence-electron chi connectivity index (χ2n) is 6.24. The van der Waals surface area contributed by atoms with Crippen LogP contribution in [0.5, 0.6) is 0 Å². The molecule has 124 valence electrons. The van der Waals surface area contributed by atoms with Gasteiger partial charge in [0.25, 0.3) is 5.54 Å². The van der Waals surface area contributed by atoms with E-state index in [-0.39, 0.29) is 17.3 Å². The molecule has 1 saturated carbocycles. The molecule has 25 heavy (non-hydrogen) atoms. The fraction of sp³-hybridized carbons (Fsp3) is 0.353. The van der Waals surface area contributed by atoms with Crippen molar-refractivity contribution >= 4 is 11.8 Å². The van der Waals surface area contributed by atoms with Crippen molar-refractivity contribution in [3.05, 3.63) is 53.1 Å². The van der Waals surface area contributed by atoms with Crippen molar-refractivity contribution in [3.63, 3.8) is 0 Å². The summed E-state index contributed by atoms with van der Waals surface area (Å²) in [7, 11) is 0. The molecule has 2 heterocycles. The number of cyclic esters (lactones) is 1. The summed E-state index contributed by atoms with van der Waals surface area (Å²) in [5.41, 5.74) is 1.62. The Balaban J connectivity index is 1.45. The zero-order chi connectivity index (χ0) is 17.4. The predicted octanol–water partition coefficient (Wildman–Crippen LogP) is 2.08. The van der Waals surface area contributed by atoms with Gasteiger partial charge < -0.3 is 9.58 Å². The second-order valence-corrected chi connectivity index (χ2v) is 6.24. The number of ether oxygens (including phenoxy) is 1. The Bertz CT molecular complexity index is 900. The molecule has 2 fully saturated rings. The lowest BCUT2D eigenvalue weighted by molar-refractivity contribution is 0.129. The van der Waals surface area contributed by atoms with Gasteiger partial charge in [0.2, 0.25) is 0 Å². The van der Waals surface area contributed by atoms with Crippen molar-refractivity contribution in [1.82, 2.24) is 15.0 Å². The van der Waals surface area contributed by atoms with E-state index in [1.807, 2.05) is 30.3 Å². The van der Waals surface area contributed by atoms with E-state index in [1.54, 1.807) is 4.90 Å². The van der Waals surface area contributed by atoms with Crippen LogP contribution in [0.2, 0.25) is 0 Å². The van der Waals surface area contributed by atoms with E-state index in [0.717, 1.165) is 24.1 Å². The molecule has 1 atom stereocenters. The SMILES string of the molecule is [C-]#[N+]C1(c2ccc(N3C[C@H](Cn4cc(C#N)nn4)OC3=O)cc2)CC1. The molecule has 1 aliphatic carbocycles. The highest BCUT2D eigenvalue weighted by Crippen LogP contribution is 2.49. The maximum atomic E-state index is 12.1. The monoisotopic (exact) mass is 334 g/mol. The number of hydrogen-bond donors (Lipinski definition) is 0. The number of carbonyl (C=O) groups is 1. The molecule has 1 aliphatic heterocycles. The molecule has 1 amide bonds. The first kappa shape index (κ1) is 15.2. The Hall–Kier alpha value is -3.39. The molecule has 2 aliphatic rings. The number of benzene rings is 1. The molecule has 4 rings (SSSR count). The summed E-state index contributed by atoms with van der Waals surface area (Å²) in [6.45, 7) is 8.05. The van der Waals surface area contributed by atoms with Crippen molar-refractivity contribution in [2.45, 2.75) is 31.0 Å². The number of rotatable bonds is 4. The summed E-state index contributed by atoms with van der Waals surface area (Å²) in [4.78, 5) is 17.4. The van der Waals surface area contributed by atoms with Gasteiger partial charge in [-0.25, -0.2) is 16.0 Å². The molecule has 1 aromatic carbocycles. The molecular weight excluding hydrogens is 320 g/mol. The van der Waals surface area contributed by atoms with E-state index in [1.165, 1.54) is 10.9 Å². The summed E-state index contributed by atoms with van der Waals surface area (Å²) in [5.74, 6) is 0. The summed E-state index contributed by atoms with van der Waals surface area (Å²) >= 11 is 0. The van der Waals surface area contributed by atoms with Gasteiger partial charge in [0.1, 0.15) is 12.2 Å². The lowest BCUT2D eigenvalue weighted by Crippen LogP contribution is -2.26. The Labute approximate surface area is 144 Å². The zero-order valence-corrected chi connectivity index (χ0v) is 13.3. The number of aromatic nitrogens is 3. The Morgan fingerprint density at radius 3 is 2.76 bits per heavy atom. The quantitative estimate of drug-likeness (QED) is 0.799. The first-order valence-electron chi connectivity index (χ1n) is 7.91. The Kier molecular flexibility index (Phi) is 3.40. The number of nitrogens with zero attached hydrogens (tertiary/aromatic N) is 6. The minimum Gasteiger partial charge on any atom is -0.442 e. The fourth-order valence-corrected chi connectivity index (χ4v) is 3.01. The van der Waals surface area contributed by atoms with Crippen LogP contribution in [-0.2, 0) is 16.8 Å². The van der Waals surface area contributed by atoms with Crippen LogP contribution in [0.4, 0.5) is 10.5 Å². The van der Waals surface area contributed by atoms with E-state index in [9.17, 15) is 4.79 Å². The third-order valence-corrected chi connectivity index (χ3v) is 4.57. The number of anilines is 1. The van der Waals surface area contributed by atoms with Crippen LogP contribution in [0, 0.1) is 17.9 Å². The highest BCUT2D eigenvalue weighted by atomic mass is 16.6. The third kappa shape index (κ3) is 2.68. The lowest BCUT2D eigenvalue weighted by Gasteiger charge is -2.13. The lowest BCUT2D eigenvalue weighted by atomic mass is 10.1. The number of nitriles is 1. The number of hydrogen-bond acceptors (Lipinski definition) is 5. The minimum atomic E-state index is -0.412. The third-order valence-electron chi connectivity index (χ3n) is 4.57. The van der Waals surface area contributed by atoms with Crippen LogP contribution in [0.1, 0.15) is 24.1 Å². The molecule has 8 heteroatoms. The first-order valence-corrected chi connectivity index (χ1v) is 7.91. The van der Waals surface area contributed by atoms with Gasteiger partial charge in [-0.05, 0) is 24.3 Å². The van der Waals surface area contributed by atoms with Crippen LogP contribution in [-0.4, -0.2) is 33.7 Å². The van der Waals surface area contributed by atoms with Crippen molar-refractivity contribution in [2.75, 3.05) is 11.4 Å². The molecule has 0 radical (unpaired) electrons. The largest absolute Gasteiger partial charge is 0.442 e. The van der Waals surface area contributed by atoms with Crippen molar-refractivity contribution in [3.8, 4) is 6.07 Å². The smallest absolute Gasteiger partial charge is 0.414 e. The summed E-state index contributed by atoms with van der Waals surface area (Å²) in [5, 5.41) is 16.3. The van der Waals surface area contributed by atoms with Crippen molar-refractivity contribution in [1.29, 1.82) is 5.26 Å². The van der Waals surface area contributed by atoms with E-state index in [2.05, 4.69) is 15.2 Å². The van der Waals surface area contributed by atoms with E-state index in [4.69, 9.17) is 16.6 Å². The minimum absolute atomic E-state index is 0.227. The van der Waals surface area contributed by atoms with Crippen LogP contribution in [0.25, 0.3) is 4.85 Å². The van der Waals surface area contributed by atoms with Gasteiger partial charge in [0.05, 0.1) is 19.3 Å². The standard InChI is InChI=1S/C17H14N6O2/c1-19-17(6-7-17)12-2-4-14(5-3-12)23-11-15(25-16(23)24)10-22-9-13(8-18)20-21-22/h2-5,9,15H,6-7,10-11H2/t15-/m0/s1. The van der Waals surface area contributed by atoms with Gasteiger partial charge in [-0.15, -0.1) is 5.10 Å². The van der Waals surface area contributed by atoms with Crippen molar-refractivity contribution < 1.29 is 9.53 Å². The van der Waals surface area contributed by atoms with Crippen LogP contribution in [0.3, 0.4) is 0 Å². The highest BCUT2D eigenvalue weighted by Gasteiger charge is 2.52. The fourth-order valence-electron chi connectivity index (χ4n) is 3.01. The second kappa shape index (κ2) is 5.60. The van der Waals surface area contributed by atoms with Crippen LogP contribution in [0.15, 0.2) is 30.5 Å². The Morgan fingerprint density at radius 2 is 2.16 bits per heavy atom. The maximum absolute atomic E-state index is 12.1. The predicted molar refractivity (Wildman–Crippen MR) is 86.3 cm³/mol. The summed E-state index contributed by atoms with van der Waals surface area (Å²) in [6, 6.07) is 9.45. The average molecular weight is 334 g/mol. The van der Waals surface area contributed by atoms with Gasteiger partial charge in [-0.2, -0.15) is 5.26 Å². The molecule has 0 spiro atoms. The molecular formula is C17H14N6O2.